The first-order valence-electron chi connectivity index (χ1n) is 9.21. The molecule has 0 N–H and O–H groups in total. The van der Waals surface area contributed by atoms with Gasteiger partial charge in [0.05, 0.1) is 7.11 Å². The quantitative estimate of drug-likeness (QED) is 0.560. The Labute approximate surface area is 165 Å². The Balaban J connectivity index is 1.79. The minimum absolute atomic E-state index is 0.192. The van der Waals surface area contributed by atoms with Gasteiger partial charge in [0, 0.05) is 18.2 Å². The molecule has 0 bridgehead atoms. The van der Waals surface area contributed by atoms with E-state index >= 15 is 0 Å². The molecule has 0 spiro atoms. The van der Waals surface area contributed by atoms with Crippen molar-refractivity contribution >= 4 is 11.6 Å². The summed E-state index contributed by atoms with van der Waals surface area (Å²) in [5, 5.41) is 0. The normalized spacial score (nSPS) is 16.0. The first-order chi connectivity index (χ1) is 13.8. The van der Waals surface area contributed by atoms with E-state index in [1.54, 1.807) is 14.2 Å². The Morgan fingerprint density at radius 3 is 2.21 bits per heavy atom. The van der Waals surface area contributed by atoms with Crippen LogP contribution >= 0.6 is 0 Å². The third-order valence-corrected chi connectivity index (χ3v) is 4.81. The number of fused-ring (bicyclic) bond motifs is 1. The predicted octanol–water partition coefficient (Wildman–Crippen LogP) is 5.90. The van der Waals surface area contributed by atoms with Crippen LogP contribution < -0.4 is 9.47 Å². The lowest BCUT2D eigenvalue weighted by Crippen LogP contribution is -2.15. The van der Waals surface area contributed by atoms with Crippen molar-refractivity contribution in [1.82, 2.24) is 0 Å². The largest absolute Gasteiger partial charge is 0.497 e. The van der Waals surface area contributed by atoms with E-state index in [0.29, 0.717) is 0 Å². The molecule has 28 heavy (non-hydrogen) atoms. The van der Waals surface area contributed by atoms with Gasteiger partial charge in [-0.3, -0.25) is 0 Å². The molecule has 0 aliphatic carbocycles. The highest BCUT2D eigenvalue weighted by atomic mass is 16.5. The van der Waals surface area contributed by atoms with E-state index in [2.05, 4.69) is 18.2 Å². The number of methoxy groups -OCH3 is 2. The van der Waals surface area contributed by atoms with Gasteiger partial charge in [-0.2, -0.15) is 0 Å². The van der Waals surface area contributed by atoms with Gasteiger partial charge in [-0.15, -0.1) is 0 Å². The fraction of sp³-hybridized carbons (Fsp3) is 0.120. The van der Waals surface area contributed by atoms with Crippen LogP contribution in [-0.2, 0) is 4.74 Å². The maximum Gasteiger partial charge on any atom is 0.134 e. The standard InChI is InChI=1S/C25H22O3/c1-26-20-15-12-18(13-16-20)14-17-23-24(19-8-4-3-5-9-19)25(27-2)21-10-6-7-11-22(21)28-23/h3-17,25H,1-2H3. The van der Waals surface area contributed by atoms with E-state index in [4.69, 9.17) is 14.2 Å². The van der Waals surface area contributed by atoms with Gasteiger partial charge in [-0.25, -0.2) is 0 Å². The molecule has 0 aromatic heterocycles. The maximum atomic E-state index is 6.29. The summed E-state index contributed by atoms with van der Waals surface area (Å²) in [5.74, 6) is 2.44. The molecule has 3 heteroatoms. The van der Waals surface area contributed by atoms with Crippen molar-refractivity contribution < 1.29 is 14.2 Å². The van der Waals surface area contributed by atoms with Crippen LogP contribution in [0.15, 0.2) is 90.7 Å². The maximum absolute atomic E-state index is 6.29. The van der Waals surface area contributed by atoms with Crippen LogP contribution in [0.5, 0.6) is 11.5 Å². The molecule has 4 rings (SSSR count). The zero-order chi connectivity index (χ0) is 19.3. The van der Waals surface area contributed by atoms with E-state index in [-0.39, 0.29) is 6.10 Å². The molecule has 0 amide bonds. The summed E-state index contributed by atoms with van der Waals surface area (Å²) in [4.78, 5) is 0. The van der Waals surface area contributed by atoms with Gasteiger partial charge in [-0.1, -0.05) is 66.7 Å². The number of hydrogen-bond donors (Lipinski definition) is 0. The van der Waals surface area contributed by atoms with Crippen LogP contribution in [0.1, 0.15) is 22.8 Å². The van der Waals surface area contributed by atoms with Gasteiger partial charge in [0.15, 0.2) is 0 Å². The number of hydrogen-bond acceptors (Lipinski definition) is 3. The van der Waals surface area contributed by atoms with E-state index in [1.807, 2.05) is 72.8 Å². The van der Waals surface area contributed by atoms with Crippen LogP contribution in [0.4, 0.5) is 0 Å². The molecule has 1 aliphatic rings. The van der Waals surface area contributed by atoms with Crippen molar-refractivity contribution in [2.24, 2.45) is 0 Å². The number of para-hydroxylation sites is 1. The average Bonchev–Trinajstić information content (AvgIpc) is 2.77. The highest BCUT2D eigenvalue weighted by Gasteiger charge is 2.29. The highest BCUT2D eigenvalue weighted by molar-refractivity contribution is 5.78. The Kier molecular flexibility index (Phi) is 5.27. The smallest absolute Gasteiger partial charge is 0.134 e. The Morgan fingerprint density at radius 1 is 0.786 bits per heavy atom. The lowest BCUT2D eigenvalue weighted by Gasteiger charge is -2.29. The van der Waals surface area contributed by atoms with Crippen molar-refractivity contribution in [3.05, 3.63) is 107 Å². The van der Waals surface area contributed by atoms with Gasteiger partial charge in [0.25, 0.3) is 0 Å². The molecule has 1 heterocycles. The van der Waals surface area contributed by atoms with Crippen molar-refractivity contribution in [3.8, 4) is 11.5 Å². The minimum Gasteiger partial charge on any atom is -0.497 e. The van der Waals surface area contributed by atoms with Crippen LogP contribution in [-0.4, -0.2) is 14.2 Å². The molecule has 3 aromatic rings. The van der Waals surface area contributed by atoms with Gasteiger partial charge in [0.1, 0.15) is 23.4 Å². The zero-order valence-electron chi connectivity index (χ0n) is 16.0. The van der Waals surface area contributed by atoms with E-state index in [9.17, 15) is 0 Å². The summed E-state index contributed by atoms with van der Waals surface area (Å²) in [7, 11) is 3.40. The molecule has 3 aromatic carbocycles. The summed E-state index contributed by atoms with van der Waals surface area (Å²) >= 11 is 0. The summed E-state index contributed by atoms with van der Waals surface area (Å²) in [6, 6.07) is 26.2. The van der Waals surface area contributed by atoms with Crippen molar-refractivity contribution in [2.75, 3.05) is 14.2 Å². The molecule has 0 fully saturated rings. The van der Waals surface area contributed by atoms with Gasteiger partial charge >= 0.3 is 0 Å². The van der Waals surface area contributed by atoms with E-state index in [1.165, 1.54) is 0 Å². The molecule has 3 nitrogen and oxygen atoms in total. The van der Waals surface area contributed by atoms with E-state index in [0.717, 1.165) is 39.5 Å². The number of allylic oxidation sites excluding steroid dienone is 1. The molecule has 1 aliphatic heterocycles. The molecule has 0 saturated heterocycles. The Hall–Kier alpha value is -3.30. The molecule has 1 unspecified atom stereocenters. The van der Waals surface area contributed by atoms with E-state index < -0.39 is 0 Å². The lowest BCUT2D eigenvalue weighted by atomic mass is 9.91. The van der Waals surface area contributed by atoms with Gasteiger partial charge in [-0.05, 0) is 35.4 Å². The summed E-state index contributed by atoms with van der Waals surface area (Å²) in [6.07, 6.45) is 3.85. The lowest BCUT2D eigenvalue weighted by molar-refractivity contribution is 0.141. The van der Waals surface area contributed by atoms with Crippen LogP contribution in [0.2, 0.25) is 0 Å². The van der Waals surface area contributed by atoms with Crippen LogP contribution in [0, 0.1) is 0 Å². The number of ether oxygens (including phenoxy) is 3. The van der Waals surface area contributed by atoms with Gasteiger partial charge < -0.3 is 14.2 Å². The van der Waals surface area contributed by atoms with Crippen LogP contribution in [0.3, 0.4) is 0 Å². The average molecular weight is 370 g/mol. The monoisotopic (exact) mass is 370 g/mol. The molecular formula is C25H22O3. The van der Waals surface area contributed by atoms with Crippen LogP contribution in [0.25, 0.3) is 11.6 Å². The predicted molar refractivity (Wildman–Crippen MR) is 112 cm³/mol. The summed E-state index contributed by atoms with van der Waals surface area (Å²) < 4.78 is 17.4. The summed E-state index contributed by atoms with van der Waals surface area (Å²) in [5.41, 5.74) is 4.20. The summed E-state index contributed by atoms with van der Waals surface area (Å²) in [6.45, 7) is 0. The topological polar surface area (TPSA) is 27.7 Å². The molecule has 140 valence electrons. The third-order valence-electron chi connectivity index (χ3n) is 4.81. The Morgan fingerprint density at radius 2 is 1.50 bits per heavy atom. The fourth-order valence-electron chi connectivity index (χ4n) is 3.42. The zero-order valence-corrected chi connectivity index (χ0v) is 16.0. The number of benzene rings is 3. The van der Waals surface area contributed by atoms with Gasteiger partial charge in [0.2, 0.25) is 0 Å². The molecule has 0 saturated carbocycles. The second-order valence-electron chi connectivity index (χ2n) is 6.51. The first kappa shape index (κ1) is 18.1. The SMILES string of the molecule is COc1ccc(C=CC2=C(c3ccccc3)C(OC)c3ccccc3O2)cc1. The fourth-order valence-corrected chi connectivity index (χ4v) is 3.42. The number of rotatable bonds is 5. The second kappa shape index (κ2) is 8.15. The van der Waals surface area contributed by atoms with Crippen molar-refractivity contribution in [2.45, 2.75) is 6.10 Å². The molecular weight excluding hydrogens is 348 g/mol. The first-order valence-corrected chi connectivity index (χ1v) is 9.21. The molecule has 1 atom stereocenters. The highest BCUT2D eigenvalue weighted by Crippen LogP contribution is 2.44. The third kappa shape index (κ3) is 3.57. The van der Waals surface area contributed by atoms with Crippen molar-refractivity contribution in [1.29, 1.82) is 0 Å². The minimum atomic E-state index is -0.192. The Bertz CT molecular complexity index is 1000. The second-order valence-corrected chi connectivity index (χ2v) is 6.51. The molecule has 0 radical (unpaired) electrons. The van der Waals surface area contributed by atoms with Crippen molar-refractivity contribution in [3.63, 3.8) is 0 Å².